The third-order valence-corrected chi connectivity index (χ3v) is 6.26. The standard InChI is InChI=1S/C23H42N6.HI/c1-4-24-23(26-16-22-25-12-15-29(22)17-19(2)3)27-21-10-13-28(14-11-21)18-20-8-6-5-7-9-20;/h12,15,19-21H,4-11,13-14,16-18H2,1-3H3,(H2,24,26,27);1H. The zero-order valence-corrected chi connectivity index (χ0v) is 21.6. The molecule has 1 saturated heterocycles. The van der Waals surface area contributed by atoms with Crippen molar-refractivity contribution in [2.45, 2.75) is 84.8 Å². The van der Waals surface area contributed by atoms with E-state index in [1.165, 1.54) is 64.6 Å². The Morgan fingerprint density at radius 2 is 1.90 bits per heavy atom. The predicted octanol–water partition coefficient (Wildman–Crippen LogP) is 4.26. The van der Waals surface area contributed by atoms with Gasteiger partial charge in [0.05, 0.1) is 0 Å². The molecule has 2 fully saturated rings. The third-order valence-electron chi connectivity index (χ3n) is 6.26. The van der Waals surface area contributed by atoms with Gasteiger partial charge in [-0.05, 0) is 44.4 Å². The number of likely N-dealkylation sites (tertiary alicyclic amines) is 1. The van der Waals surface area contributed by atoms with E-state index in [9.17, 15) is 0 Å². The first-order valence-electron chi connectivity index (χ1n) is 11.9. The van der Waals surface area contributed by atoms with Crippen LogP contribution >= 0.6 is 24.0 Å². The molecule has 0 bridgehead atoms. The quantitative estimate of drug-likeness (QED) is 0.300. The summed E-state index contributed by atoms with van der Waals surface area (Å²) in [6.45, 7) is 12.8. The Bertz CT molecular complexity index is 615. The lowest BCUT2D eigenvalue weighted by atomic mass is 9.88. The topological polar surface area (TPSA) is 57.5 Å². The molecule has 2 aliphatic rings. The molecule has 0 amide bonds. The van der Waals surface area contributed by atoms with Gasteiger partial charge < -0.3 is 20.1 Å². The number of rotatable bonds is 8. The highest BCUT2D eigenvalue weighted by Crippen LogP contribution is 2.25. The van der Waals surface area contributed by atoms with Crippen LogP contribution in [0.5, 0.6) is 0 Å². The van der Waals surface area contributed by atoms with Gasteiger partial charge in [0.15, 0.2) is 5.96 Å². The predicted molar refractivity (Wildman–Crippen MR) is 136 cm³/mol. The molecule has 0 unspecified atom stereocenters. The number of piperidine rings is 1. The molecule has 0 aromatic carbocycles. The normalized spacial score (nSPS) is 19.7. The van der Waals surface area contributed by atoms with Gasteiger partial charge in [-0.15, -0.1) is 24.0 Å². The summed E-state index contributed by atoms with van der Waals surface area (Å²) in [6.07, 6.45) is 13.6. The van der Waals surface area contributed by atoms with Crippen LogP contribution in [-0.2, 0) is 13.1 Å². The summed E-state index contributed by atoms with van der Waals surface area (Å²) in [4.78, 5) is 12.0. The van der Waals surface area contributed by atoms with E-state index in [-0.39, 0.29) is 24.0 Å². The van der Waals surface area contributed by atoms with E-state index in [0.29, 0.717) is 18.5 Å². The Balaban J connectivity index is 0.00000320. The maximum atomic E-state index is 4.83. The molecule has 1 aromatic heterocycles. The molecular formula is C23H43IN6. The Kier molecular flexibility index (Phi) is 11.5. The summed E-state index contributed by atoms with van der Waals surface area (Å²) in [5.41, 5.74) is 0. The maximum Gasteiger partial charge on any atom is 0.191 e. The van der Waals surface area contributed by atoms with E-state index >= 15 is 0 Å². The molecule has 1 saturated carbocycles. The Labute approximate surface area is 200 Å². The van der Waals surface area contributed by atoms with Crippen molar-refractivity contribution in [2.75, 3.05) is 26.2 Å². The fourth-order valence-corrected chi connectivity index (χ4v) is 4.71. The molecule has 0 atom stereocenters. The van der Waals surface area contributed by atoms with Gasteiger partial charge in [0, 0.05) is 51.2 Å². The van der Waals surface area contributed by atoms with Crippen molar-refractivity contribution in [1.82, 2.24) is 25.1 Å². The number of nitrogens with one attached hydrogen (secondary N) is 2. The fourth-order valence-electron chi connectivity index (χ4n) is 4.71. The lowest BCUT2D eigenvalue weighted by molar-refractivity contribution is 0.160. The summed E-state index contributed by atoms with van der Waals surface area (Å²) in [6, 6.07) is 0.519. The minimum atomic E-state index is 0. The van der Waals surface area contributed by atoms with Gasteiger partial charge in [-0.25, -0.2) is 9.98 Å². The van der Waals surface area contributed by atoms with Gasteiger partial charge in [0.25, 0.3) is 0 Å². The lowest BCUT2D eigenvalue weighted by Gasteiger charge is -2.36. The second-order valence-corrected chi connectivity index (χ2v) is 9.31. The smallest absolute Gasteiger partial charge is 0.191 e. The maximum absolute atomic E-state index is 4.83. The first-order chi connectivity index (χ1) is 14.1. The SMILES string of the molecule is CCNC(=NCc1nccn1CC(C)C)NC1CCN(CC2CCCCC2)CC1.I. The monoisotopic (exact) mass is 530 g/mol. The number of aliphatic imine (C=N–C) groups is 1. The zero-order chi connectivity index (χ0) is 20.5. The van der Waals surface area contributed by atoms with Crippen molar-refractivity contribution in [3.63, 3.8) is 0 Å². The number of imidazole rings is 1. The second kappa shape index (κ2) is 13.6. The van der Waals surface area contributed by atoms with Gasteiger partial charge in [0.1, 0.15) is 12.4 Å². The van der Waals surface area contributed by atoms with Crippen LogP contribution in [0.4, 0.5) is 0 Å². The molecule has 0 spiro atoms. The first-order valence-corrected chi connectivity index (χ1v) is 11.9. The molecule has 3 rings (SSSR count). The van der Waals surface area contributed by atoms with Crippen LogP contribution in [0.3, 0.4) is 0 Å². The molecule has 2 N–H and O–H groups in total. The van der Waals surface area contributed by atoms with E-state index in [1.807, 2.05) is 6.20 Å². The number of nitrogens with zero attached hydrogens (tertiary/aromatic N) is 4. The van der Waals surface area contributed by atoms with Crippen molar-refractivity contribution in [3.05, 3.63) is 18.2 Å². The van der Waals surface area contributed by atoms with E-state index < -0.39 is 0 Å². The minimum Gasteiger partial charge on any atom is -0.357 e. The van der Waals surface area contributed by atoms with Crippen LogP contribution in [0, 0.1) is 11.8 Å². The van der Waals surface area contributed by atoms with Crippen molar-refractivity contribution < 1.29 is 0 Å². The number of halogens is 1. The molecule has 1 aliphatic carbocycles. The van der Waals surface area contributed by atoms with Crippen LogP contribution in [0.2, 0.25) is 0 Å². The third kappa shape index (κ3) is 8.36. The first kappa shape index (κ1) is 25.4. The van der Waals surface area contributed by atoms with Crippen LogP contribution in [0.25, 0.3) is 0 Å². The number of hydrogen-bond donors (Lipinski definition) is 2. The Hall–Kier alpha value is -0.830. The number of aromatic nitrogens is 2. The van der Waals surface area contributed by atoms with Crippen LogP contribution in [-0.4, -0.2) is 52.6 Å². The zero-order valence-electron chi connectivity index (χ0n) is 19.3. The molecule has 1 aliphatic heterocycles. The second-order valence-electron chi connectivity index (χ2n) is 9.31. The largest absolute Gasteiger partial charge is 0.357 e. The van der Waals surface area contributed by atoms with E-state index in [4.69, 9.17) is 4.99 Å². The fraction of sp³-hybridized carbons (Fsp3) is 0.826. The Morgan fingerprint density at radius 3 is 2.57 bits per heavy atom. The average molecular weight is 531 g/mol. The molecule has 0 radical (unpaired) electrons. The lowest BCUT2D eigenvalue weighted by Crippen LogP contribution is -2.49. The highest BCUT2D eigenvalue weighted by atomic mass is 127. The summed E-state index contributed by atoms with van der Waals surface area (Å²) in [7, 11) is 0. The summed E-state index contributed by atoms with van der Waals surface area (Å²) in [5.74, 6) is 3.52. The molecule has 6 nitrogen and oxygen atoms in total. The van der Waals surface area contributed by atoms with Crippen molar-refractivity contribution >= 4 is 29.9 Å². The van der Waals surface area contributed by atoms with E-state index in [0.717, 1.165) is 30.8 Å². The highest BCUT2D eigenvalue weighted by molar-refractivity contribution is 14.0. The summed E-state index contributed by atoms with van der Waals surface area (Å²) in [5, 5.41) is 7.10. The summed E-state index contributed by atoms with van der Waals surface area (Å²) >= 11 is 0. The average Bonchev–Trinajstić information content (AvgIpc) is 3.15. The highest BCUT2D eigenvalue weighted by Gasteiger charge is 2.23. The van der Waals surface area contributed by atoms with Gasteiger partial charge in [-0.3, -0.25) is 0 Å². The molecule has 30 heavy (non-hydrogen) atoms. The van der Waals surface area contributed by atoms with Crippen molar-refractivity contribution in [3.8, 4) is 0 Å². The minimum absolute atomic E-state index is 0. The molecular weight excluding hydrogens is 487 g/mol. The Morgan fingerprint density at radius 1 is 1.17 bits per heavy atom. The van der Waals surface area contributed by atoms with Gasteiger partial charge in [0.2, 0.25) is 0 Å². The van der Waals surface area contributed by atoms with E-state index in [2.05, 4.69) is 52.1 Å². The van der Waals surface area contributed by atoms with Crippen LogP contribution < -0.4 is 10.6 Å². The molecule has 1 aromatic rings. The van der Waals surface area contributed by atoms with Crippen LogP contribution in [0.1, 0.15) is 71.5 Å². The number of hydrogen-bond acceptors (Lipinski definition) is 3. The van der Waals surface area contributed by atoms with Crippen LogP contribution in [0.15, 0.2) is 17.4 Å². The van der Waals surface area contributed by atoms with Gasteiger partial charge >= 0.3 is 0 Å². The van der Waals surface area contributed by atoms with Gasteiger partial charge in [-0.1, -0.05) is 33.1 Å². The summed E-state index contributed by atoms with van der Waals surface area (Å²) < 4.78 is 2.22. The number of guanidine groups is 1. The van der Waals surface area contributed by atoms with Crippen molar-refractivity contribution in [2.24, 2.45) is 16.8 Å². The van der Waals surface area contributed by atoms with E-state index in [1.54, 1.807) is 0 Å². The van der Waals surface area contributed by atoms with Crippen molar-refractivity contribution in [1.29, 1.82) is 0 Å². The van der Waals surface area contributed by atoms with Gasteiger partial charge in [-0.2, -0.15) is 0 Å². The molecule has 2 heterocycles. The molecule has 172 valence electrons. The molecule has 7 heteroatoms.